The number of aryl methyl sites for hydroxylation is 2. The van der Waals surface area contributed by atoms with E-state index in [4.69, 9.17) is 0 Å². The van der Waals surface area contributed by atoms with Gasteiger partial charge in [0.2, 0.25) is 0 Å². The zero-order chi connectivity index (χ0) is 22.4. The van der Waals surface area contributed by atoms with Gasteiger partial charge in [-0.05, 0) is 68.1 Å². The number of hydrogen-bond donors (Lipinski definition) is 1. The summed E-state index contributed by atoms with van der Waals surface area (Å²) < 4.78 is 27.4. The van der Waals surface area contributed by atoms with Gasteiger partial charge in [-0.3, -0.25) is 9.10 Å². The minimum Gasteiger partial charge on any atom is -0.350 e. The average Bonchev–Trinajstić information content (AvgIpc) is 2.78. The van der Waals surface area contributed by atoms with Crippen molar-refractivity contribution in [1.29, 1.82) is 0 Å². The molecule has 0 saturated heterocycles. The summed E-state index contributed by atoms with van der Waals surface area (Å²) in [5, 5.41) is 2.97. The SMILES string of the molecule is Cc1cccc(N(C)S(=O)(=O)c2cccc(C(=O)NC(C)CCc3ccccc3)c2)c1. The number of sulfonamides is 1. The standard InChI is InChI=1S/C25H28N2O3S/c1-19-9-7-13-23(17-19)27(3)31(29,30)24-14-8-12-22(18-24)25(28)26-20(2)15-16-21-10-5-4-6-11-21/h4-14,17-18,20H,15-16H2,1-3H3,(H,26,28). The number of carbonyl (C=O) groups is 1. The van der Waals surface area contributed by atoms with Gasteiger partial charge in [0.15, 0.2) is 0 Å². The van der Waals surface area contributed by atoms with Crippen molar-refractivity contribution in [2.75, 3.05) is 11.4 Å². The summed E-state index contributed by atoms with van der Waals surface area (Å²) in [4.78, 5) is 12.8. The van der Waals surface area contributed by atoms with Gasteiger partial charge >= 0.3 is 0 Å². The van der Waals surface area contributed by atoms with Gasteiger partial charge in [0, 0.05) is 18.7 Å². The second kappa shape index (κ2) is 9.79. The maximum atomic E-state index is 13.1. The number of nitrogens with zero attached hydrogens (tertiary/aromatic N) is 1. The molecule has 0 aliphatic rings. The average molecular weight is 437 g/mol. The monoisotopic (exact) mass is 436 g/mol. The molecular weight excluding hydrogens is 408 g/mol. The van der Waals surface area contributed by atoms with Crippen LogP contribution in [-0.4, -0.2) is 27.4 Å². The Morgan fingerprint density at radius 3 is 2.39 bits per heavy atom. The van der Waals surface area contributed by atoms with E-state index in [9.17, 15) is 13.2 Å². The van der Waals surface area contributed by atoms with Crippen molar-refractivity contribution in [2.24, 2.45) is 0 Å². The van der Waals surface area contributed by atoms with Gasteiger partial charge in [-0.2, -0.15) is 0 Å². The van der Waals surface area contributed by atoms with Crippen LogP contribution in [0.1, 0.15) is 34.8 Å². The topological polar surface area (TPSA) is 66.5 Å². The van der Waals surface area contributed by atoms with Crippen LogP contribution in [-0.2, 0) is 16.4 Å². The van der Waals surface area contributed by atoms with E-state index >= 15 is 0 Å². The second-order valence-corrected chi connectivity index (χ2v) is 9.71. The van der Waals surface area contributed by atoms with Crippen LogP contribution >= 0.6 is 0 Å². The van der Waals surface area contributed by atoms with E-state index in [0.29, 0.717) is 11.3 Å². The van der Waals surface area contributed by atoms with E-state index in [1.165, 1.54) is 29.0 Å². The molecule has 31 heavy (non-hydrogen) atoms. The Bertz CT molecular complexity index is 1140. The van der Waals surface area contributed by atoms with Crippen LogP contribution in [0.3, 0.4) is 0 Å². The number of nitrogens with one attached hydrogen (secondary N) is 1. The van der Waals surface area contributed by atoms with E-state index in [-0.39, 0.29) is 16.8 Å². The number of rotatable bonds is 8. The fourth-order valence-corrected chi connectivity index (χ4v) is 4.56. The number of anilines is 1. The Hall–Kier alpha value is -3.12. The van der Waals surface area contributed by atoms with Gasteiger partial charge in [0.1, 0.15) is 0 Å². The van der Waals surface area contributed by atoms with E-state index < -0.39 is 10.0 Å². The molecular formula is C25H28N2O3S. The molecule has 1 unspecified atom stereocenters. The largest absolute Gasteiger partial charge is 0.350 e. The predicted molar refractivity (Wildman–Crippen MR) is 125 cm³/mol. The lowest BCUT2D eigenvalue weighted by atomic mass is 10.1. The van der Waals surface area contributed by atoms with Crippen LogP contribution in [0.5, 0.6) is 0 Å². The number of amides is 1. The van der Waals surface area contributed by atoms with Gasteiger partial charge in [0.05, 0.1) is 10.6 Å². The molecule has 5 nitrogen and oxygen atoms in total. The molecule has 0 aromatic heterocycles. The van der Waals surface area contributed by atoms with Crippen LogP contribution in [0.4, 0.5) is 5.69 Å². The summed E-state index contributed by atoms with van der Waals surface area (Å²) in [5.74, 6) is -0.282. The van der Waals surface area contributed by atoms with E-state index in [0.717, 1.165) is 18.4 Å². The third-order valence-corrected chi connectivity index (χ3v) is 6.99. The lowest BCUT2D eigenvalue weighted by Crippen LogP contribution is -2.33. The van der Waals surface area contributed by atoms with Crippen LogP contribution in [0.15, 0.2) is 83.8 Å². The molecule has 0 saturated carbocycles. The highest BCUT2D eigenvalue weighted by atomic mass is 32.2. The quantitative estimate of drug-likeness (QED) is 0.562. The van der Waals surface area contributed by atoms with Crippen molar-refractivity contribution >= 4 is 21.6 Å². The van der Waals surface area contributed by atoms with Crippen LogP contribution in [0, 0.1) is 6.92 Å². The molecule has 3 rings (SSSR count). The first kappa shape index (κ1) is 22.6. The molecule has 1 N–H and O–H groups in total. The summed E-state index contributed by atoms with van der Waals surface area (Å²) in [7, 11) is -2.27. The zero-order valence-electron chi connectivity index (χ0n) is 18.1. The van der Waals surface area contributed by atoms with Gasteiger partial charge in [0.25, 0.3) is 15.9 Å². The lowest BCUT2D eigenvalue weighted by Gasteiger charge is -2.20. The fourth-order valence-electron chi connectivity index (χ4n) is 3.33. The van der Waals surface area contributed by atoms with Crippen molar-refractivity contribution in [3.8, 4) is 0 Å². The number of benzene rings is 3. The highest BCUT2D eigenvalue weighted by Gasteiger charge is 2.23. The van der Waals surface area contributed by atoms with Crippen molar-refractivity contribution in [1.82, 2.24) is 5.32 Å². The third kappa shape index (κ3) is 5.73. The maximum absolute atomic E-state index is 13.1. The second-order valence-electron chi connectivity index (χ2n) is 7.74. The molecule has 0 fully saturated rings. The summed E-state index contributed by atoms with van der Waals surface area (Å²) in [6.07, 6.45) is 1.65. The zero-order valence-corrected chi connectivity index (χ0v) is 18.9. The maximum Gasteiger partial charge on any atom is 0.264 e. The summed E-state index contributed by atoms with van der Waals surface area (Å²) in [5.41, 5.74) is 3.09. The summed E-state index contributed by atoms with van der Waals surface area (Å²) in [6, 6.07) is 23.5. The molecule has 0 bridgehead atoms. The minimum absolute atomic E-state index is 0.0389. The summed E-state index contributed by atoms with van der Waals surface area (Å²) in [6.45, 7) is 3.86. The Labute approximate surface area is 184 Å². The molecule has 1 amide bonds. The molecule has 3 aromatic rings. The van der Waals surface area contributed by atoms with Crippen molar-refractivity contribution in [3.63, 3.8) is 0 Å². The third-order valence-electron chi connectivity index (χ3n) is 5.21. The van der Waals surface area contributed by atoms with Gasteiger partial charge < -0.3 is 5.32 Å². The number of carbonyl (C=O) groups excluding carboxylic acids is 1. The van der Waals surface area contributed by atoms with Crippen LogP contribution in [0.25, 0.3) is 0 Å². The molecule has 3 aromatic carbocycles. The summed E-state index contributed by atoms with van der Waals surface area (Å²) >= 11 is 0. The molecule has 1 atom stereocenters. The Balaban J connectivity index is 1.70. The van der Waals surface area contributed by atoms with Crippen LogP contribution in [0.2, 0.25) is 0 Å². The predicted octanol–water partition coefficient (Wildman–Crippen LogP) is 4.57. The highest BCUT2D eigenvalue weighted by molar-refractivity contribution is 7.92. The first-order valence-electron chi connectivity index (χ1n) is 10.3. The first-order valence-corrected chi connectivity index (χ1v) is 11.7. The molecule has 162 valence electrons. The fraction of sp³-hybridized carbons (Fsp3) is 0.240. The molecule has 0 spiro atoms. The molecule has 0 aliphatic carbocycles. The lowest BCUT2D eigenvalue weighted by molar-refractivity contribution is 0.0938. The molecule has 0 aliphatic heterocycles. The smallest absolute Gasteiger partial charge is 0.264 e. The number of hydrogen-bond acceptors (Lipinski definition) is 3. The normalized spacial score (nSPS) is 12.2. The van der Waals surface area contributed by atoms with E-state index in [2.05, 4.69) is 17.4 Å². The van der Waals surface area contributed by atoms with Crippen molar-refractivity contribution in [2.45, 2.75) is 37.6 Å². The van der Waals surface area contributed by atoms with E-state index in [1.54, 1.807) is 18.2 Å². The van der Waals surface area contributed by atoms with Crippen LogP contribution < -0.4 is 9.62 Å². The van der Waals surface area contributed by atoms with Gasteiger partial charge in [-0.1, -0.05) is 48.5 Å². The van der Waals surface area contributed by atoms with Crippen molar-refractivity contribution < 1.29 is 13.2 Å². The first-order chi connectivity index (χ1) is 14.8. The van der Waals surface area contributed by atoms with Gasteiger partial charge in [-0.15, -0.1) is 0 Å². The van der Waals surface area contributed by atoms with E-state index in [1.807, 2.05) is 50.2 Å². The Kier molecular flexibility index (Phi) is 7.13. The van der Waals surface area contributed by atoms with Crippen molar-refractivity contribution in [3.05, 3.63) is 95.6 Å². The Morgan fingerprint density at radius 1 is 0.968 bits per heavy atom. The molecule has 0 heterocycles. The highest BCUT2D eigenvalue weighted by Crippen LogP contribution is 2.23. The minimum atomic E-state index is -3.79. The molecule has 6 heteroatoms. The molecule has 0 radical (unpaired) electrons. The van der Waals surface area contributed by atoms with Gasteiger partial charge in [-0.25, -0.2) is 8.42 Å². The Morgan fingerprint density at radius 2 is 1.68 bits per heavy atom.